The van der Waals surface area contributed by atoms with Gasteiger partial charge in [-0.2, -0.15) is 0 Å². The smallest absolute Gasteiger partial charge is 0.338 e. The van der Waals surface area contributed by atoms with Crippen LogP contribution < -0.4 is 17.1 Å². The second kappa shape index (κ2) is 8.09. The van der Waals surface area contributed by atoms with Gasteiger partial charge in [-0.15, -0.1) is 0 Å². The summed E-state index contributed by atoms with van der Waals surface area (Å²) in [6.07, 6.45) is 1.28. The molecule has 140 valence electrons. The number of methoxy groups -OCH3 is 1. The third-order valence-electron chi connectivity index (χ3n) is 4.19. The molecular weight excluding hydrogens is 334 g/mol. The van der Waals surface area contributed by atoms with Gasteiger partial charge in [-0.3, -0.25) is 0 Å². The minimum absolute atomic E-state index is 0.0814. The predicted molar refractivity (Wildman–Crippen MR) is 85.8 cm³/mol. The van der Waals surface area contributed by atoms with Crippen molar-refractivity contribution in [2.75, 3.05) is 33.5 Å². The molecule has 2 saturated heterocycles. The van der Waals surface area contributed by atoms with E-state index >= 15 is 0 Å². The summed E-state index contributed by atoms with van der Waals surface area (Å²) in [6.45, 7) is 2.07. The zero-order valence-electron chi connectivity index (χ0n) is 14.2. The van der Waals surface area contributed by atoms with E-state index < -0.39 is 17.1 Å². The van der Waals surface area contributed by atoms with Crippen molar-refractivity contribution in [3.63, 3.8) is 0 Å². The molecule has 0 aromatic carbocycles. The third-order valence-corrected chi connectivity index (χ3v) is 4.19. The van der Waals surface area contributed by atoms with Gasteiger partial charge in [0.2, 0.25) is 0 Å². The Kier molecular flexibility index (Phi) is 5.84. The maximum Gasteiger partial charge on any atom is 0.338 e. The third kappa shape index (κ3) is 4.66. The first-order valence-electron chi connectivity index (χ1n) is 8.36. The quantitative estimate of drug-likeness (QED) is 0.345. The summed E-state index contributed by atoms with van der Waals surface area (Å²) in [5.41, 5.74) is -1.91. The normalized spacial score (nSPS) is 21.5. The van der Waals surface area contributed by atoms with Crippen molar-refractivity contribution in [2.24, 2.45) is 0 Å². The van der Waals surface area contributed by atoms with Crippen LogP contribution in [-0.2, 0) is 38.8 Å². The molecule has 0 radical (unpaired) electrons. The summed E-state index contributed by atoms with van der Waals surface area (Å²) in [4.78, 5) is 37.7. The molecule has 0 saturated carbocycles. The van der Waals surface area contributed by atoms with Gasteiger partial charge in [0.1, 0.15) is 6.73 Å². The first-order valence-corrected chi connectivity index (χ1v) is 8.36. The van der Waals surface area contributed by atoms with Gasteiger partial charge < -0.3 is 18.9 Å². The average molecular weight is 357 g/mol. The highest BCUT2D eigenvalue weighted by Gasteiger charge is 2.25. The second-order valence-corrected chi connectivity index (χ2v) is 6.10. The molecule has 2 unspecified atom stereocenters. The molecule has 3 rings (SSSR count). The van der Waals surface area contributed by atoms with Gasteiger partial charge in [-0.25, -0.2) is 28.1 Å². The lowest BCUT2D eigenvalue weighted by Crippen LogP contribution is -2.55. The fourth-order valence-corrected chi connectivity index (χ4v) is 2.49. The highest BCUT2D eigenvalue weighted by Crippen LogP contribution is 2.14. The van der Waals surface area contributed by atoms with E-state index in [1.165, 1.54) is 7.11 Å². The van der Waals surface area contributed by atoms with Crippen LogP contribution in [0.1, 0.15) is 12.8 Å². The van der Waals surface area contributed by atoms with Crippen LogP contribution in [0.3, 0.4) is 0 Å². The maximum absolute atomic E-state index is 12.6. The lowest BCUT2D eigenvalue weighted by atomic mass is 10.3. The van der Waals surface area contributed by atoms with E-state index in [0.717, 1.165) is 13.7 Å². The van der Waals surface area contributed by atoms with Gasteiger partial charge >= 0.3 is 17.1 Å². The lowest BCUT2D eigenvalue weighted by molar-refractivity contribution is 0.0282. The molecule has 25 heavy (non-hydrogen) atoms. The molecule has 0 bridgehead atoms. The van der Waals surface area contributed by atoms with E-state index in [1.54, 1.807) is 0 Å². The molecule has 0 N–H and O–H groups in total. The van der Waals surface area contributed by atoms with Crippen molar-refractivity contribution in [3.8, 4) is 0 Å². The summed E-state index contributed by atoms with van der Waals surface area (Å²) < 4.78 is 23.5. The summed E-state index contributed by atoms with van der Waals surface area (Å²) in [5.74, 6) is 0. The molecule has 3 heterocycles. The molecule has 2 fully saturated rings. The van der Waals surface area contributed by atoms with Crippen LogP contribution in [0.25, 0.3) is 0 Å². The molecule has 10 nitrogen and oxygen atoms in total. The topological polar surface area (TPSA) is 110 Å². The summed E-state index contributed by atoms with van der Waals surface area (Å²) >= 11 is 0. The first kappa shape index (κ1) is 18.1. The summed E-state index contributed by atoms with van der Waals surface area (Å²) in [6, 6.07) is 0. The molecule has 1 aromatic rings. The van der Waals surface area contributed by atoms with Crippen molar-refractivity contribution < 1.29 is 18.9 Å². The summed E-state index contributed by atoms with van der Waals surface area (Å²) in [7, 11) is 1.53. The van der Waals surface area contributed by atoms with Gasteiger partial charge in [0.05, 0.1) is 38.6 Å². The van der Waals surface area contributed by atoms with Crippen LogP contribution in [0, 0.1) is 0 Å². The molecule has 0 spiro atoms. The molecule has 0 amide bonds. The van der Waals surface area contributed by atoms with Gasteiger partial charge in [0.25, 0.3) is 0 Å². The van der Waals surface area contributed by atoms with Crippen molar-refractivity contribution in [3.05, 3.63) is 31.5 Å². The SMILES string of the molecule is COCCOCn1c(=O)n(CCC2CO2)c(=O)n(CCC2CO2)c1=O. The molecular formula is C15H23N3O7. The van der Waals surface area contributed by atoms with Crippen molar-refractivity contribution in [1.29, 1.82) is 0 Å². The number of ether oxygens (including phenoxy) is 4. The Morgan fingerprint density at radius 3 is 1.80 bits per heavy atom. The standard InChI is InChI=1S/C15H23N3O7/c1-22-6-7-23-10-18-14(20)16(4-2-11-8-24-11)13(19)17(15(18)21)5-3-12-9-25-12/h11-12H,2-10H2,1H3. The van der Waals surface area contributed by atoms with Crippen molar-refractivity contribution in [1.82, 2.24) is 13.7 Å². The molecule has 10 heteroatoms. The monoisotopic (exact) mass is 357 g/mol. The largest absolute Gasteiger partial charge is 0.382 e. The Hall–Kier alpha value is -1.75. The lowest BCUT2D eigenvalue weighted by Gasteiger charge is -2.13. The Labute approximate surface area is 143 Å². The Morgan fingerprint density at radius 2 is 1.36 bits per heavy atom. The van der Waals surface area contributed by atoms with E-state index in [2.05, 4.69) is 0 Å². The van der Waals surface area contributed by atoms with E-state index in [0.29, 0.717) is 32.7 Å². The van der Waals surface area contributed by atoms with Crippen LogP contribution in [0.2, 0.25) is 0 Å². The highest BCUT2D eigenvalue weighted by molar-refractivity contribution is 4.81. The number of rotatable bonds is 11. The van der Waals surface area contributed by atoms with Gasteiger partial charge in [-0.1, -0.05) is 0 Å². The van der Waals surface area contributed by atoms with Crippen LogP contribution in [-0.4, -0.2) is 59.4 Å². The number of hydrogen-bond donors (Lipinski definition) is 0. The molecule has 2 aliphatic rings. The number of epoxide rings is 2. The summed E-state index contributed by atoms with van der Waals surface area (Å²) in [5, 5.41) is 0. The van der Waals surface area contributed by atoms with Crippen molar-refractivity contribution >= 4 is 0 Å². The van der Waals surface area contributed by atoms with E-state index in [1.807, 2.05) is 0 Å². The van der Waals surface area contributed by atoms with E-state index in [-0.39, 0.29) is 38.6 Å². The Morgan fingerprint density at radius 1 is 0.880 bits per heavy atom. The van der Waals surface area contributed by atoms with Crippen molar-refractivity contribution in [2.45, 2.75) is 44.9 Å². The first-order chi connectivity index (χ1) is 12.1. The highest BCUT2D eigenvalue weighted by atomic mass is 16.6. The fraction of sp³-hybridized carbons (Fsp3) is 0.800. The Bertz CT molecular complexity index is 704. The molecule has 0 aliphatic carbocycles. The van der Waals surface area contributed by atoms with E-state index in [4.69, 9.17) is 18.9 Å². The molecule has 1 aromatic heterocycles. The predicted octanol–water partition coefficient (Wildman–Crippen LogP) is -1.63. The minimum Gasteiger partial charge on any atom is -0.382 e. The van der Waals surface area contributed by atoms with Crippen LogP contribution in [0.4, 0.5) is 0 Å². The van der Waals surface area contributed by atoms with E-state index in [9.17, 15) is 14.4 Å². The Balaban J connectivity index is 1.85. The fourth-order valence-electron chi connectivity index (χ4n) is 2.49. The zero-order chi connectivity index (χ0) is 17.8. The second-order valence-electron chi connectivity index (χ2n) is 6.10. The maximum atomic E-state index is 12.6. The molecule has 2 aliphatic heterocycles. The zero-order valence-corrected chi connectivity index (χ0v) is 14.2. The average Bonchev–Trinajstić information content (AvgIpc) is 3.48. The van der Waals surface area contributed by atoms with Crippen LogP contribution >= 0.6 is 0 Å². The van der Waals surface area contributed by atoms with Gasteiger partial charge in [0, 0.05) is 20.2 Å². The molecule has 2 atom stereocenters. The number of aromatic nitrogens is 3. The minimum atomic E-state index is -0.660. The van der Waals surface area contributed by atoms with Gasteiger partial charge in [-0.05, 0) is 12.8 Å². The van der Waals surface area contributed by atoms with Gasteiger partial charge in [0.15, 0.2) is 0 Å². The number of nitrogens with zero attached hydrogens (tertiary/aromatic N) is 3. The van der Waals surface area contributed by atoms with Crippen LogP contribution in [0.15, 0.2) is 14.4 Å². The van der Waals surface area contributed by atoms with Crippen LogP contribution in [0.5, 0.6) is 0 Å². The number of hydrogen-bond acceptors (Lipinski definition) is 7.